The molecule has 0 aliphatic carbocycles. The lowest BCUT2D eigenvalue weighted by Gasteiger charge is -2.00. The summed E-state index contributed by atoms with van der Waals surface area (Å²) in [6.07, 6.45) is 0. The first-order valence-electron chi connectivity index (χ1n) is 4.60. The van der Waals surface area contributed by atoms with Gasteiger partial charge in [-0.25, -0.2) is 0 Å². The zero-order chi connectivity index (χ0) is 9.80. The van der Waals surface area contributed by atoms with Crippen molar-refractivity contribution in [2.45, 2.75) is 0 Å². The maximum absolute atomic E-state index is 5.61. The summed E-state index contributed by atoms with van der Waals surface area (Å²) in [5.41, 5.74) is 8.78. The third kappa shape index (κ3) is 2.16. The minimum Gasteiger partial charge on any atom is -0.399 e. The van der Waals surface area contributed by atoms with E-state index in [9.17, 15) is 0 Å². The van der Waals surface area contributed by atoms with E-state index in [1.165, 1.54) is 10.9 Å². The maximum atomic E-state index is 5.61. The van der Waals surface area contributed by atoms with E-state index >= 15 is 0 Å². The van der Waals surface area contributed by atoms with E-state index in [0.29, 0.717) is 0 Å². The van der Waals surface area contributed by atoms with Crippen molar-refractivity contribution in [2.24, 2.45) is 0 Å². The molecule has 2 rings (SSSR count). The SMILES string of the molecule is Nc1ccc([B]c2ccccc2)cc1. The molecule has 0 aromatic heterocycles. The van der Waals surface area contributed by atoms with Gasteiger partial charge in [-0.3, -0.25) is 0 Å². The van der Waals surface area contributed by atoms with Gasteiger partial charge in [0.25, 0.3) is 0 Å². The van der Waals surface area contributed by atoms with Gasteiger partial charge in [-0.05, 0) is 12.1 Å². The van der Waals surface area contributed by atoms with E-state index in [-0.39, 0.29) is 0 Å². The van der Waals surface area contributed by atoms with Gasteiger partial charge in [-0.1, -0.05) is 53.4 Å². The van der Waals surface area contributed by atoms with E-state index in [1.54, 1.807) is 0 Å². The fourth-order valence-electron chi connectivity index (χ4n) is 1.33. The van der Waals surface area contributed by atoms with Gasteiger partial charge >= 0.3 is 0 Å². The van der Waals surface area contributed by atoms with Gasteiger partial charge in [0, 0.05) is 5.69 Å². The molecular formula is C12H11BN. The summed E-state index contributed by atoms with van der Waals surface area (Å²) < 4.78 is 0. The van der Waals surface area contributed by atoms with Crippen molar-refractivity contribution >= 4 is 23.9 Å². The number of nitrogen functional groups attached to an aromatic ring is 1. The second kappa shape index (κ2) is 4.01. The first-order valence-corrected chi connectivity index (χ1v) is 4.60. The van der Waals surface area contributed by atoms with Gasteiger partial charge in [-0.2, -0.15) is 0 Å². The van der Waals surface area contributed by atoms with Crippen molar-refractivity contribution in [1.82, 2.24) is 0 Å². The summed E-state index contributed by atoms with van der Waals surface area (Å²) in [7, 11) is 2.12. The highest BCUT2D eigenvalue weighted by atomic mass is 14.5. The van der Waals surface area contributed by atoms with Crippen LogP contribution in [0.15, 0.2) is 54.6 Å². The van der Waals surface area contributed by atoms with Crippen molar-refractivity contribution in [1.29, 1.82) is 0 Å². The molecule has 14 heavy (non-hydrogen) atoms. The van der Waals surface area contributed by atoms with Crippen LogP contribution in [-0.2, 0) is 0 Å². The highest BCUT2D eigenvalue weighted by Gasteiger charge is 1.96. The molecule has 67 valence electrons. The minimum atomic E-state index is 0.801. The number of nitrogens with two attached hydrogens (primary N) is 1. The predicted octanol–water partition coefficient (Wildman–Crippen LogP) is 0.924. The lowest BCUT2D eigenvalue weighted by atomic mass is 9.64. The van der Waals surface area contributed by atoms with Crippen LogP contribution in [-0.4, -0.2) is 7.28 Å². The van der Waals surface area contributed by atoms with E-state index < -0.39 is 0 Å². The van der Waals surface area contributed by atoms with Crippen LogP contribution >= 0.6 is 0 Å². The van der Waals surface area contributed by atoms with Crippen LogP contribution in [0.3, 0.4) is 0 Å². The van der Waals surface area contributed by atoms with Gasteiger partial charge in [0.1, 0.15) is 0 Å². The second-order valence-corrected chi connectivity index (χ2v) is 3.22. The average molecular weight is 180 g/mol. The normalized spacial score (nSPS) is 9.71. The average Bonchev–Trinajstić information content (AvgIpc) is 2.23. The molecule has 0 spiro atoms. The molecule has 0 atom stereocenters. The Labute approximate surface area is 84.8 Å². The molecule has 2 heteroatoms. The fourth-order valence-corrected chi connectivity index (χ4v) is 1.33. The molecule has 0 fully saturated rings. The van der Waals surface area contributed by atoms with Gasteiger partial charge in [0.15, 0.2) is 7.28 Å². The Bertz CT molecular complexity index is 394. The molecule has 0 aliphatic rings. The van der Waals surface area contributed by atoms with E-state index in [1.807, 2.05) is 42.5 Å². The first-order chi connectivity index (χ1) is 6.84. The molecule has 1 radical (unpaired) electrons. The number of anilines is 1. The molecule has 0 unspecified atom stereocenters. The largest absolute Gasteiger partial charge is 0.399 e. The number of hydrogen-bond donors (Lipinski definition) is 1. The molecule has 0 heterocycles. The maximum Gasteiger partial charge on any atom is 0.191 e. The minimum absolute atomic E-state index is 0.801. The highest BCUT2D eigenvalue weighted by Crippen LogP contribution is 1.95. The molecule has 2 aromatic rings. The Kier molecular flexibility index (Phi) is 2.54. The molecule has 2 N–H and O–H groups in total. The van der Waals surface area contributed by atoms with Crippen LogP contribution in [0.4, 0.5) is 5.69 Å². The fraction of sp³-hybridized carbons (Fsp3) is 0. The van der Waals surface area contributed by atoms with Gasteiger partial charge in [0.2, 0.25) is 0 Å². The Morgan fingerprint density at radius 3 is 1.93 bits per heavy atom. The third-order valence-electron chi connectivity index (χ3n) is 2.07. The Morgan fingerprint density at radius 2 is 1.29 bits per heavy atom. The summed E-state index contributed by atoms with van der Waals surface area (Å²) in [4.78, 5) is 0. The smallest absolute Gasteiger partial charge is 0.191 e. The molecule has 0 amide bonds. The summed E-state index contributed by atoms with van der Waals surface area (Å²) in [6, 6.07) is 18.1. The highest BCUT2D eigenvalue weighted by molar-refractivity contribution is 6.67. The van der Waals surface area contributed by atoms with Gasteiger partial charge < -0.3 is 5.73 Å². The van der Waals surface area contributed by atoms with Crippen molar-refractivity contribution in [3.05, 3.63) is 54.6 Å². The second-order valence-electron chi connectivity index (χ2n) is 3.22. The van der Waals surface area contributed by atoms with Crippen molar-refractivity contribution in [3.63, 3.8) is 0 Å². The number of rotatable bonds is 2. The van der Waals surface area contributed by atoms with E-state index in [4.69, 9.17) is 5.73 Å². The topological polar surface area (TPSA) is 26.0 Å². The quantitative estimate of drug-likeness (QED) is 0.539. The first kappa shape index (κ1) is 8.88. The number of hydrogen-bond acceptors (Lipinski definition) is 1. The van der Waals surface area contributed by atoms with Crippen LogP contribution < -0.4 is 16.7 Å². The monoisotopic (exact) mass is 180 g/mol. The summed E-state index contributed by atoms with van der Waals surface area (Å²) in [5, 5.41) is 0. The molecule has 0 saturated carbocycles. The Morgan fingerprint density at radius 1 is 0.714 bits per heavy atom. The van der Waals surface area contributed by atoms with Crippen LogP contribution in [0.5, 0.6) is 0 Å². The molecule has 1 nitrogen and oxygen atoms in total. The van der Waals surface area contributed by atoms with Crippen LogP contribution in [0.25, 0.3) is 0 Å². The zero-order valence-electron chi connectivity index (χ0n) is 7.85. The third-order valence-corrected chi connectivity index (χ3v) is 2.07. The summed E-state index contributed by atoms with van der Waals surface area (Å²) in [6.45, 7) is 0. The van der Waals surface area contributed by atoms with Crippen LogP contribution in [0, 0.1) is 0 Å². The standard InChI is InChI=1S/C12H11BN/c14-12-8-6-11(7-9-12)13-10-4-2-1-3-5-10/h1-9H,14H2. The lowest BCUT2D eigenvalue weighted by molar-refractivity contribution is 1.72. The Balaban J connectivity index is 2.16. The molecule has 0 aliphatic heterocycles. The van der Waals surface area contributed by atoms with Gasteiger partial charge in [0.05, 0.1) is 0 Å². The Hall–Kier alpha value is -1.70. The summed E-state index contributed by atoms with van der Waals surface area (Å²) >= 11 is 0. The molecule has 2 aromatic carbocycles. The van der Waals surface area contributed by atoms with Crippen LogP contribution in [0.1, 0.15) is 0 Å². The van der Waals surface area contributed by atoms with Crippen molar-refractivity contribution < 1.29 is 0 Å². The summed E-state index contributed by atoms with van der Waals surface area (Å²) in [5.74, 6) is 0. The number of benzene rings is 2. The van der Waals surface area contributed by atoms with E-state index in [0.717, 1.165) is 5.69 Å². The van der Waals surface area contributed by atoms with Crippen molar-refractivity contribution in [2.75, 3.05) is 5.73 Å². The zero-order valence-corrected chi connectivity index (χ0v) is 7.85. The van der Waals surface area contributed by atoms with Gasteiger partial charge in [-0.15, -0.1) is 0 Å². The lowest BCUT2D eigenvalue weighted by Crippen LogP contribution is -2.26. The predicted molar refractivity (Wildman–Crippen MR) is 62.3 cm³/mol. The van der Waals surface area contributed by atoms with E-state index in [2.05, 4.69) is 19.4 Å². The van der Waals surface area contributed by atoms with Crippen molar-refractivity contribution in [3.8, 4) is 0 Å². The molecule has 0 bridgehead atoms. The molecular weight excluding hydrogens is 169 g/mol. The molecule has 0 saturated heterocycles. The van der Waals surface area contributed by atoms with Crippen LogP contribution in [0.2, 0.25) is 0 Å².